The topological polar surface area (TPSA) is 38.3 Å². The van der Waals surface area contributed by atoms with Crippen LogP contribution in [0.4, 0.5) is 0 Å². The van der Waals surface area contributed by atoms with Crippen LogP contribution < -0.4 is 5.32 Å². The molecule has 19 heavy (non-hydrogen) atoms. The van der Waals surface area contributed by atoms with Crippen LogP contribution in [0.3, 0.4) is 0 Å². The number of hydrogen-bond donors (Lipinski definition) is 1. The largest absolute Gasteiger partial charge is 0.444 e. The molecule has 1 aromatic rings. The third kappa shape index (κ3) is 5.73. The van der Waals surface area contributed by atoms with Gasteiger partial charge in [-0.2, -0.15) is 0 Å². The van der Waals surface area contributed by atoms with Gasteiger partial charge in [0.15, 0.2) is 6.23 Å². The van der Waals surface area contributed by atoms with E-state index in [0.29, 0.717) is 5.57 Å². The molecule has 0 saturated heterocycles. The molecule has 0 aliphatic carbocycles. The van der Waals surface area contributed by atoms with Crippen molar-refractivity contribution in [1.82, 2.24) is 5.32 Å². The minimum Gasteiger partial charge on any atom is -0.444 e. The maximum atomic E-state index is 11.4. The van der Waals surface area contributed by atoms with E-state index < -0.39 is 12.2 Å². The van der Waals surface area contributed by atoms with Crippen LogP contribution in [0, 0.1) is 0 Å². The number of ether oxygens (including phenoxy) is 1. The van der Waals surface area contributed by atoms with Crippen molar-refractivity contribution in [3.63, 3.8) is 0 Å². The molecule has 0 radical (unpaired) electrons. The van der Waals surface area contributed by atoms with Gasteiger partial charge in [0, 0.05) is 5.57 Å². The highest BCUT2D eigenvalue weighted by atomic mass is 35.5. The molecule has 1 N–H and O–H groups in total. The Morgan fingerprint density at radius 1 is 1.37 bits per heavy atom. The molecule has 2 unspecified atom stereocenters. The summed E-state index contributed by atoms with van der Waals surface area (Å²) in [6, 6.07) is 9.79. The maximum Gasteiger partial charge on any atom is 0.334 e. The Bertz CT molecular complexity index is 431. The Kier molecular flexibility index (Phi) is 7.80. The smallest absolute Gasteiger partial charge is 0.334 e. The molecule has 0 aliphatic heterocycles. The molecule has 0 heterocycles. The number of esters is 1. The first-order valence-corrected chi connectivity index (χ1v) is 5.84. The van der Waals surface area contributed by atoms with Crippen LogP contribution in [0.5, 0.6) is 0 Å². The molecule has 0 aliphatic rings. The minimum atomic E-state index is -0.405. The zero-order chi connectivity index (χ0) is 13.5. The molecular formula is C15H20ClNO2. The number of nitrogens with one attached hydrogen (secondary N) is 1. The highest BCUT2D eigenvalue weighted by molar-refractivity contribution is 5.87. The fourth-order valence-electron chi connectivity index (χ4n) is 1.51. The van der Waals surface area contributed by atoms with E-state index >= 15 is 0 Å². The normalized spacial score (nSPS) is 12.7. The van der Waals surface area contributed by atoms with Crippen LogP contribution in [-0.2, 0) is 9.53 Å². The number of carbonyl (C=O) groups excluding carboxylic acids is 1. The van der Waals surface area contributed by atoms with Crippen molar-refractivity contribution in [2.75, 3.05) is 0 Å². The molecule has 0 spiro atoms. The van der Waals surface area contributed by atoms with Crippen LogP contribution in [0.2, 0.25) is 0 Å². The SMILES string of the molecule is C=CC(NC(C)OC(=O)C(=C)C)c1ccccc1.Cl. The standard InChI is InChI=1S/C15H19NO2.ClH/c1-5-14(13-9-7-6-8-10-13)16-12(4)18-15(17)11(2)3;/h5-10,12,14,16H,1-2H2,3-4H3;1H. The first-order chi connectivity index (χ1) is 8.54. The lowest BCUT2D eigenvalue weighted by atomic mass is 10.1. The van der Waals surface area contributed by atoms with E-state index in [9.17, 15) is 4.79 Å². The summed E-state index contributed by atoms with van der Waals surface area (Å²) in [5, 5.41) is 3.17. The molecule has 0 saturated carbocycles. The quantitative estimate of drug-likeness (QED) is 0.376. The highest BCUT2D eigenvalue weighted by Crippen LogP contribution is 2.14. The number of rotatable bonds is 6. The predicted octanol–water partition coefficient (Wildman–Crippen LogP) is 3.39. The Morgan fingerprint density at radius 2 is 1.95 bits per heavy atom. The van der Waals surface area contributed by atoms with Crippen LogP contribution in [0.25, 0.3) is 0 Å². The maximum absolute atomic E-state index is 11.4. The molecule has 1 rings (SSSR count). The monoisotopic (exact) mass is 281 g/mol. The summed E-state index contributed by atoms with van der Waals surface area (Å²) < 4.78 is 5.17. The lowest BCUT2D eigenvalue weighted by Gasteiger charge is -2.21. The molecule has 3 nitrogen and oxygen atoms in total. The lowest BCUT2D eigenvalue weighted by Crippen LogP contribution is -2.33. The second kappa shape index (κ2) is 8.51. The van der Waals surface area contributed by atoms with Gasteiger partial charge in [0.05, 0.1) is 6.04 Å². The van der Waals surface area contributed by atoms with Crippen molar-refractivity contribution in [2.45, 2.75) is 26.1 Å². The molecule has 0 bridgehead atoms. The summed E-state index contributed by atoms with van der Waals surface area (Å²) in [5.41, 5.74) is 1.46. The van der Waals surface area contributed by atoms with E-state index in [2.05, 4.69) is 18.5 Å². The second-order valence-corrected chi connectivity index (χ2v) is 4.12. The Labute approximate surface area is 120 Å². The fraction of sp³-hybridized carbons (Fsp3) is 0.267. The average molecular weight is 282 g/mol. The van der Waals surface area contributed by atoms with Crippen molar-refractivity contribution in [3.05, 3.63) is 60.7 Å². The molecule has 0 amide bonds. The van der Waals surface area contributed by atoms with E-state index in [-0.39, 0.29) is 18.4 Å². The summed E-state index contributed by atoms with van der Waals surface area (Å²) in [6.45, 7) is 10.7. The van der Waals surface area contributed by atoms with Crippen LogP contribution in [0.1, 0.15) is 25.5 Å². The summed E-state index contributed by atoms with van der Waals surface area (Å²) in [6.07, 6.45) is 1.37. The van der Waals surface area contributed by atoms with Crippen molar-refractivity contribution >= 4 is 18.4 Å². The van der Waals surface area contributed by atoms with Gasteiger partial charge in [-0.1, -0.05) is 43.0 Å². The van der Waals surface area contributed by atoms with Gasteiger partial charge < -0.3 is 4.74 Å². The molecule has 0 fully saturated rings. The molecule has 104 valence electrons. The average Bonchev–Trinajstić information content (AvgIpc) is 2.36. The van der Waals surface area contributed by atoms with Gasteiger partial charge in [0.1, 0.15) is 0 Å². The lowest BCUT2D eigenvalue weighted by molar-refractivity contribution is -0.145. The van der Waals surface area contributed by atoms with E-state index in [1.54, 1.807) is 19.9 Å². The third-order valence-electron chi connectivity index (χ3n) is 2.44. The van der Waals surface area contributed by atoms with E-state index in [1.807, 2.05) is 30.3 Å². The van der Waals surface area contributed by atoms with Crippen molar-refractivity contribution in [3.8, 4) is 0 Å². The molecule has 0 aromatic heterocycles. The number of benzene rings is 1. The number of hydrogen-bond acceptors (Lipinski definition) is 3. The summed E-state index contributed by atoms with van der Waals surface area (Å²) in [7, 11) is 0. The van der Waals surface area contributed by atoms with Crippen molar-refractivity contribution in [1.29, 1.82) is 0 Å². The van der Waals surface area contributed by atoms with Crippen molar-refractivity contribution < 1.29 is 9.53 Å². The van der Waals surface area contributed by atoms with E-state index in [1.165, 1.54) is 0 Å². The van der Waals surface area contributed by atoms with E-state index in [4.69, 9.17) is 4.74 Å². The van der Waals surface area contributed by atoms with Gasteiger partial charge in [-0.15, -0.1) is 19.0 Å². The summed E-state index contributed by atoms with van der Waals surface area (Å²) in [4.78, 5) is 11.4. The molecule has 4 heteroatoms. The summed E-state index contributed by atoms with van der Waals surface area (Å²) in [5.74, 6) is -0.397. The van der Waals surface area contributed by atoms with Gasteiger partial charge in [-0.3, -0.25) is 5.32 Å². The number of carbonyl (C=O) groups is 1. The second-order valence-electron chi connectivity index (χ2n) is 4.12. The van der Waals surface area contributed by atoms with Gasteiger partial charge >= 0.3 is 5.97 Å². The summed E-state index contributed by atoms with van der Waals surface area (Å²) >= 11 is 0. The fourth-order valence-corrected chi connectivity index (χ4v) is 1.51. The van der Waals surface area contributed by atoms with Crippen molar-refractivity contribution in [2.24, 2.45) is 0 Å². The third-order valence-corrected chi connectivity index (χ3v) is 2.44. The van der Waals surface area contributed by atoms with Gasteiger partial charge in [-0.05, 0) is 19.4 Å². The first-order valence-electron chi connectivity index (χ1n) is 5.84. The Hall–Kier alpha value is -1.58. The minimum absolute atomic E-state index is 0. The molecule has 1 aromatic carbocycles. The number of halogens is 1. The van der Waals surface area contributed by atoms with Crippen LogP contribution in [0.15, 0.2) is 55.1 Å². The molecular weight excluding hydrogens is 262 g/mol. The Morgan fingerprint density at radius 3 is 2.42 bits per heavy atom. The molecule has 2 atom stereocenters. The van der Waals surface area contributed by atoms with Crippen LogP contribution in [-0.4, -0.2) is 12.2 Å². The van der Waals surface area contributed by atoms with Gasteiger partial charge in [-0.25, -0.2) is 4.79 Å². The first kappa shape index (κ1) is 17.4. The van der Waals surface area contributed by atoms with Gasteiger partial charge in [0.2, 0.25) is 0 Å². The highest BCUT2D eigenvalue weighted by Gasteiger charge is 2.14. The van der Waals surface area contributed by atoms with Crippen LogP contribution >= 0.6 is 12.4 Å². The predicted molar refractivity (Wildman–Crippen MR) is 80.1 cm³/mol. The Balaban J connectivity index is 0.00000324. The zero-order valence-electron chi connectivity index (χ0n) is 11.3. The zero-order valence-corrected chi connectivity index (χ0v) is 12.1. The van der Waals surface area contributed by atoms with Gasteiger partial charge in [0.25, 0.3) is 0 Å². The van der Waals surface area contributed by atoms with E-state index in [0.717, 1.165) is 5.56 Å².